The first kappa shape index (κ1) is 19.1. The van der Waals surface area contributed by atoms with Crippen LogP contribution in [0.2, 0.25) is 5.02 Å². The second-order valence-electron chi connectivity index (χ2n) is 4.82. The number of nitrogens with one attached hydrogen (secondary N) is 2. The van der Waals surface area contributed by atoms with Crippen LogP contribution in [0.3, 0.4) is 0 Å². The van der Waals surface area contributed by atoms with Crippen molar-refractivity contribution in [3.05, 3.63) is 39.9 Å². The highest BCUT2D eigenvalue weighted by Gasteiger charge is 2.35. The maximum Gasteiger partial charge on any atom is 0.445 e. The number of hydrogen-bond donors (Lipinski definition) is 2. The Hall–Kier alpha value is -2.20. The van der Waals surface area contributed by atoms with E-state index in [2.05, 4.69) is 20.8 Å². The highest BCUT2D eigenvalue weighted by atomic mass is 35.5. The molecule has 6 nitrogen and oxygen atoms in total. The Labute approximate surface area is 149 Å². The van der Waals surface area contributed by atoms with Crippen LogP contribution >= 0.6 is 22.9 Å². The summed E-state index contributed by atoms with van der Waals surface area (Å²) in [5.74, 6) is -0.818. The third kappa shape index (κ3) is 5.98. The molecule has 0 aliphatic carbocycles. The van der Waals surface area contributed by atoms with E-state index in [4.69, 9.17) is 11.6 Å². The highest BCUT2D eigenvalue weighted by molar-refractivity contribution is 7.15. The topological polar surface area (TPSA) is 84.0 Å². The Bertz CT molecular complexity index is 749. The van der Waals surface area contributed by atoms with Crippen molar-refractivity contribution in [3.63, 3.8) is 0 Å². The third-order valence-electron chi connectivity index (χ3n) is 2.89. The highest BCUT2D eigenvalue weighted by Crippen LogP contribution is 2.32. The van der Waals surface area contributed by atoms with Gasteiger partial charge >= 0.3 is 6.18 Å². The zero-order valence-electron chi connectivity index (χ0n) is 12.6. The maximum atomic E-state index is 12.4. The van der Waals surface area contributed by atoms with Crippen LogP contribution in [0.15, 0.2) is 24.3 Å². The van der Waals surface area contributed by atoms with Gasteiger partial charge < -0.3 is 10.6 Å². The van der Waals surface area contributed by atoms with Crippen molar-refractivity contribution in [1.82, 2.24) is 15.5 Å². The number of nitrogens with zero attached hydrogens (tertiary/aromatic N) is 2. The number of hydrogen-bond acceptors (Lipinski definition) is 5. The van der Waals surface area contributed by atoms with Crippen molar-refractivity contribution in [2.24, 2.45) is 0 Å². The van der Waals surface area contributed by atoms with Crippen LogP contribution in [0, 0.1) is 0 Å². The lowest BCUT2D eigenvalue weighted by Gasteiger charge is -2.05. The van der Waals surface area contributed by atoms with Crippen molar-refractivity contribution in [2.45, 2.75) is 19.0 Å². The molecule has 1 aromatic heterocycles. The van der Waals surface area contributed by atoms with Crippen molar-refractivity contribution in [3.8, 4) is 0 Å². The lowest BCUT2D eigenvalue weighted by molar-refractivity contribution is -0.138. The number of carbonyl (C=O) groups is 2. The zero-order chi connectivity index (χ0) is 18.4. The van der Waals surface area contributed by atoms with E-state index in [-0.39, 0.29) is 35.3 Å². The van der Waals surface area contributed by atoms with E-state index in [1.807, 2.05) is 0 Å². The summed E-state index contributed by atoms with van der Waals surface area (Å²) in [4.78, 5) is 23.5. The van der Waals surface area contributed by atoms with Crippen molar-refractivity contribution in [1.29, 1.82) is 0 Å². The molecule has 0 atom stereocenters. The molecular formula is C14H12ClF3N4O2S. The average molecular weight is 393 g/mol. The molecule has 2 amide bonds. The predicted molar refractivity (Wildman–Crippen MR) is 86.6 cm³/mol. The molecule has 0 aliphatic heterocycles. The van der Waals surface area contributed by atoms with E-state index in [9.17, 15) is 22.8 Å². The first-order valence-electron chi connectivity index (χ1n) is 7.00. The van der Waals surface area contributed by atoms with Crippen molar-refractivity contribution >= 4 is 39.9 Å². The minimum atomic E-state index is -4.59. The Morgan fingerprint density at radius 1 is 1.16 bits per heavy atom. The Balaban J connectivity index is 1.71. The number of carbonyl (C=O) groups excluding carboxylic acids is 2. The van der Waals surface area contributed by atoms with E-state index in [0.29, 0.717) is 17.0 Å². The second kappa shape index (κ2) is 8.26. The summed E-state index contributed by atoms with van der Waals surface area (Å²) >= 11 is 5.97. The molecule has 2 aromatic rings. The van der Waals surface area contributed by atoms with Gasteiger partial charge in [-0.25, -0.2) is 0 Å². The normalized spacial score (nSPS) is 11.2. The lowest BCUT2D eigenvalue weighted by atomic mass is 10.2. The SMILES string of the molecule is O=C(CCCNC(=O)c1ccc(Cl)cc1)Nc1nnc(C(F)(F)F)s1. The van der Waals surface area contributed by atoms with Gasteiger partial charge in [0.15, 0.2) is 0 Å². The summed E-state index contributed by atoms with van der Waals surface area (Å²) in [6.45, 7) is 0.235. The van der Waals surface area contributed by atoms with E-state index in [1.54, 1.807) is 24.3 Å². The number of alkyl halides is 3. The lowest BCUT2D eigenvalue weighted by Crippen LogP contribution is -2.25. The van der Waals surface area contributed by atoms with E-state index < -0.39 is 17.1 Å². The van der Waals surface area contributed by atoms with Gasteiger partial charge in [0.1, 0.15) is 0 Å². The second-order valence-corrected chi connectivity index (χ2v) is 6.24. The molecule has 0 radical (unpaired) electrons. The largest absolute Gasteiger partial charge is 0.445 e. The minimum absolute atomic E-state index is 0.0157. The van der Waals surface area contributed by atoms with Gasteiger partial charge in [-0.3, -0.25) is 9.59 Å². The number of anilines is 1. The molecule has 0 aliphatic rings. The zero-order valence-corrected chi connectivity index (χ0v) is 14.1. The van der Waals surface area contributed by atoms with Crippen molar-refractivity contribution < 1.29 is 22.8 Å². The summed E-state index contributed by atoms with van der Waals surface area (Å²) in [5, 5.41) is 10.3. The first-order chi connectivity index (χ1) is 11.8. The first-order valence-corrected chi connectivity index (χ1v) is 8.19. The summed E-state index contributed by atoms with van der Waals surface area (Å²) in [5.41, 5.74) is 0.433. The predicted octanol–water partition coefficient (Wildman–Crippen LogP) is 3.36. The molecule has 0 bridgehead atoms. The van der Waals surface area contributed by atoms with Crippen LogP contribution in [0.5, 0.6) is 0 Å². The minimum Gasteiger partial charge on any atom is -0.352 e. The van der Waals surface area contributed by atoms with Gasteiger partial charge in [-0.15, -0.1) is 10.2 Å². The Kier molecular flexibility index (Phi) is 6.32. The Morgan fingerprint density at radius 3 is 2.44 bits per heavy atom. The molecule has 0 fully saturated rings. The van der Waals surface area contributed by atoms with Crippen LogP contribution in [0.4, 0.5) is 18.3 Å². The average Bonchev–Trinajstić information content (AvgIpc) is 3.00. The molecule has 134 valence electrons. The summed E-state index contributed by atoms with van der Waals surface area (Å²) in [6.07, 6.45) is -4.26. The standard InChI is InChI=1S/C14H12ClF3N4O2S/c15-9-5-3-8(4-6-9)11(24)19-7-1-2-10(23)20-13-22-21-12(25-13)14(16,17)18/h3-6H,1-2,7H2,(H,19,24)(H,20,22,23). The molecule has 25 heavy (non-hydrogen) atoms. The molecule has 11 heteroatoms. The smallest absolute Gasteiger partial charge is 0.352 e. The summed E-state index contributed by atoms with van der Waals surface area (Å²) < 4.78 is 37.1. The van der Waals surface area contributed by atoms with Gasteiger partial charge in [-0.05, 0) is 30.7 Å². The molecule has 0 unspecified atom stereocenters. The molecule has 1 heterocycles. The summed E-state index contributed by atoms with van der Waals surface area (Å²) in [7, 11) is 0. The quantitative estimate of drug-likeness (QED) is 0.738. The van der Waals surface area contributed by atoms with Crippen LogP contribution < -0.4 is 10.6 Å². The van der Waals surface area contributed by atoms with E-state index in [1.165, 1.54) is 0 Å². The number of amides is 2. The molecule has 1 aromatic carbocycles. The van der Waals surface area contributed by atoms with E-state index >= 15 is 0 Å². The molecule has 0 saturated carbocycles. The van der Waals surface area contributed by atoms with Gasteiger partial charge in [-0.2, -0.15) is 13.2 Å². The van der Waals surface area contributed by atoms with Crippen LogP contribution in [-0.2, 0) is 11.0 Å². The van der Waals surface area contributed by atoms with Gasteiger partial charge in [0.25, 0.3) is 5.91 Å². The van der Waals surface area contributed by atoms with Gasteiger partial charge in [0.05, 0.1) is 0 Å². The van der Waals surface area contributed by atoms with Gasteiger partial charge in [0.2, 0.25) is 16.0 Å². The molecule has 2 N–H and O–H groups in total. The van der Waals surface area contributed by atoms with Crippen LogP contribution in [0.25, 0.3) is 0 Å². The third-order valence-corrected chi connectivity index (χ3v) is 4.02. The summed E-state index contributed by atoms with van der Waals surface area (Å²) in [6, 6.07) is 6.30. The molecule has 0 saturated heterocycles. The number of aromatic nitrogens is 2. The van der Waals surface area contributed by atoms with Gasteiger partial charge in [-0.1, -0.05) is 22.9 Å². The number of halogens is 4. The fourth-order valence-corrected chi connectivity index (χ4v) is 2.48. The fraction of sp³-hybridized carbons (Fsp3) is 0.286. The fourth-order valence-electron chi connectivity index (χ4n) is 1.72. The van der Waals surface area contributed by atoms with E-state index in [0.717, 1.165) is 0 Å². The monoisotopic (exact) mass is 392 g/mol. The molecule has 2 rings (SSSR count). The van der Waals surface area contributed by atoms with Gasteiger partial charge in [0, 0.05) is 23.6 Å². The maximum absolute atomic E-state index is 12.4. The van der Waals surface area contributed by atoms with Crippen molar-refractivity contribution in [2.75, 3.05) is 11.9 Å². The number of rotatable bonds is 6. The van der Waals surface area contributed by atoms with Crippen LogP contribution in [-0.4, -0.2) is 28.6 Å². The Morgan fingerprint density at radius 2 is 1.84 bits per heavy atom. The number of benzene rings is 1. The molecular weight excluding hydrogens is 381 g/mol. The molecule has 0 spiro atoms. The van der Waals surface area contributed by atoms with Crippen LogP contribution in [0.1, 0.15) is 28.2 Å².